The number of nitrogens with zero attached hydrogens (tertiary/aromatic N) is 1. The van der Waals surface area contributed by atoms with Crippen molar-refractivity contribution in [2.45, 2.75) is 38.5 Å². The van der Waals surface area contributed by atoms with Crippen molar-refractivity contribution in [2.75, 3.05) is 19.6 Å². The lowest BCUT2D eigenvalue weighted by atomic mass is 9.77. The topological polar surface area (TPSA) is 46.3 Å². The second-order valence-corrected chi connectivity index (χ2v) is 7.08. The van der Waals surface area contributed by atoms with Gasteiger partial charge in [-0.05, 0) is 42.5 Å². The molecule has 1 saturated heterocycles. The molecular formula is C17H22N2OS. The van der Waals surface area contributed by atoms with Crippen LogP contribution in [0.4, 0.5) is 0 Å². The van der Waals surface area contributed by atoms with Crippen LogP contribution in [0.1, 0.15) is 53.8 Å². The van der Waals surface area contributed by atoms with Crippen LogP contribution in [0.15, 0.2) is 11.4 Å². The average Bonchev–Trinajstić information content (AvgIpc) is 3.15. The number of thiophene rings is 1. The van der Waals surface area contributed by atoms with Gasteiger partial charge in [0.25, 0.3) is 5.91 Å². The molecule has 21 heavy (non-hydrogen) atoms. The minimum absolute atomic E-state index is 0.152. The zero-order chi connectivity index (χ0) is 14.7. The van der Waals surface area contributed by atoms with Gasteiger partial charge in [-0.2, -0.15) is 0 Å². The van der Waals surface area contributed by atoms with Gasteiger partial charge in [0.05, 0.1) is 6.54 Å². The van der Waals surface area contributed by atoms with Crippen LogP contribution in [0.5, 0.6) is 0 Å². The van der Waals surface area contributed by atoms with E-state index in [1.807, 2.05) is 16.3 Å². The van der Waals surface area contributed by atoms with E-state index in [-0.39, 0.29) is 5.91 Å². The van der Waals surface area contributed by atoms with Gasteiger partial charge in [-0.1, -0.05) is 24.7 Å². The van der Waals surface area contributed by atoms with Crippen LogP contribution in [-0.4, -0.2) is 30.4 Å². The van der Waals surface area contributed by atoms with E-state index in [2.05, 4.69) is 11.8 Å². The number of piperidine rings is 1. The lowest BCUT2D eigenvalue weighted by Gasteiger charge is -2.39. The molecule has 4 heteroatoms. The third-order valence-corrected chi connectivity index (χ3v) is 5.86. The molecule has 0 aromatic carbocycles. The predicted molar refractivity (Wildman–Crippen MR) is 86.3 cm³/mol. The molecule has 2 aliphatic rings. The van der Waals surface area contributed by atoms with Crippen molar-refractivity contribution in [3.63, 3.8) is 0 Å². The molecule has 1 spiro atoms. The van der Waals surface area contributed by atoms with Gasteiger partial charge in [0.1, 0.15) is 4.88 Å². The van der Waals surface area contributed by atoms with Crippen molar-refractivity contribution in [3.8, 4) is 11.8 Å². The van der Waals surface area contributed by atoms with Crippen molar-refractivity contribution in [2.24, 2.45) is 11.1 Å². The van der Waals surface area contributed by atoms with Crippen LogP contribution in [0, 0.1) is 17.3 Å². The molecule has 1 amide bonds. The highest BCUT2D eigenvalue weighted by Gasteiger charge is 2.38. The average molecular weight is 302 g/mol. The Bertz CT molecular complexity index is 565. The molecule has 0 unspecified atom stereocenters. The summed E-state index contributed by atoms with van der Waals surface area (Å²) < 4.78 is 0. The van der Waals surface area contributed by atoms with Gasteiger partial charge in [0.15, 0.2) is 0 Å². The van der Waals surface area contributed by atoms with E-state index >= 15 is 0 Å². The lowest BCUT2D eigenvalue weighted by Crippen LogP contribution is -2.42. The Hall–Kier alpha value is -1.31. The minimum Gasteiger partial charge on any atom is -0.338 e. The van der Waals surface area contributed by atoms with Crippen LogP contribution in [0.25, 0.3) is 0 Å². The third kappa shape index (κ3) is 3.00. The zero-order valence-electron chi connectivity index (χ0n) is 12.4. The van der Waals surface area contributed by atoms with Gasteiger partial charge in [0.2, 0.25) is 0 Å². The maximum atomic E-state index is 12.7. The van der Waals surface area contributed by atoms with Gasteiger partial charge in [0, 0.05) is 18.7 Å². The molecule has 2 N–H and O–H groups in total. The van der Waals surface area contributed by atoms with Gasteiger partial charge >= 0.3 is 0 Å². The van der Waals surface area contributed by atoms with Crippen molar-refractivity contribution in [1.29, 1.82) is 0 Å². The van der Waals surface area contributed by atoms with Crippen molar-refractivity contribution in [1.82, 2.24) is 4.90 Å². The minimum atomic E-state index is 0.152. The highest BCUT2D eigenvalue weighted by atomic mass is 32.1. The molecule has 1 aliphatic heterocycles. The van der Waals surface area contributed by atoms with Gasteiger partial charge < -0.3 is 10.6 Å². The molecule has 1 saturated carbocycles. The first-order valence-corrected chi connectivity index (χ1v) is 8.68. The second kappa shape index (κ2) is 6.21. The van der Waals surface area contributed by atoms with Gasteiger partial charge in [-0.3, -0.25) is 4.79 Å². The predicted octanol–water partition coefficient (Wildman–Crippen LogP) is 2.85. The number of rotatable bonds is 1. The number of carbonyl (C=O) groups is 1. The quantitative estimate of drug-likeness (QED) is 0.811. The molecule has 3 rings (SSSR count). The standard InChI is InChI=1S/C17H22N2OS/c18-10-3-4-14-5-13-21-15(14)16(20)19-11-8-17(9-12-19)6-1-2-7-17/h5,13H,1-2,6-12,18H2. The number of hydrogen-bond donors (Lipinski definition) is 1. The summed E-state index contributed by atoms with van der Waals surface area (Å²) in [5.41, 5.74) is 6.80. The third-order valence-electron chi connectivity index (χ3n) is 4.96. The fourth-order valence-electron chi connectivity index (χ4n) is 3.67. The molecule has 2 fully saturated rings. The van der Waals surface area contributed by atoms with Crippen LogP contribution in [0.3, 0.4) is 0 Å². The summed E-state index contributed by atoms with van der Waals surface area (Å²) >= 11 is 1.49. The van der Waals surface area contributed by atoms with Crippen molar-refractivity contribution in [3.05, 3.63) is 21.9 Å². The van der Waals surface area contributed by atoms with E-state index in [4.69, 9.17) is 5.73 Å². The molecule has 0 bridgehead atoms. The number of hydrogen-bond acceptors (Lipinski definition) is 3. The summed E-state index contributed by atoms with van der Waals surface area (Å²) in [7, 11) is 0. The van der Waals surface area contributed by atoms with E-state index in [1.165, 1.54) is 49.9 Å². The maximum absolute atomic E-state index is 12.7. The molecule has 3 nitrogen and oxygen atoms in total. The monoisotopic (exact) mass is 302 g/mol. The Morgan fingerprint density at radius 1 is 1.29 bits per heavy atom. The Morgan fingerprint density at radius 3 is 2.67 bits per heavy atom. The summed E-state index contributed by atoms with van der Waals surface area (Å²) in [5, 5.41) is 1.94. The van der Waals surface area contributed by atoms with Crippen LogP contribution >= 0.6 is 11.3 Å². The Balaban J connectivity index is 1.68. The number of carbonyl (C=O) groups excluding carboxylic acids is 1. The van der Waals surface area contributed by atoms with Crippen LogP contribution in [0.2, 0.25) is 0 Å². The molecule has 112 valence electrons. The normalized spacial score (nSPS) is 20.3. The largest absolute Gasteiger partial charge is 0.338 e. The highest BCUT2D eigenvalue weighted by Crippen LogP contribution is 2.46. The highest BCUT2D eigenvalue weighted by molar-refractivity contribution is 7.12. The maximum Gasteiger partial charge on any atom is 0.265 e. The van der Waals surface area contributed by atoms with Gasteiger partial charge in [-0.15, -0.1) is 11.3 Å². The Labute approximate surface area is 130 Å². The molecule has 0 radical (unpaired) electrons. The smallest absolute Gasteiger partial charge is 0.265 e. The number of nitrogens with two attached hydrogens (primary N) is 1. The van der Waals surface area contributed by atoms with Crippen LogP contribution in [-0.2, 0) is 0 Å². The molecule has 1 aliphatic carbocycles. The molecule has 2 heterocycles. The number of likely N-dealkylation sites (tertiary alicyclic amines) is 1. The fourth-order valence-corrected chi connectivity index (χ4v) is 4.49. The summed E-state index contributed by atoms with van der Waals surface area (Å²) in [6.45, 7) is 2.14. The van der Waals surface area contributed by atoms with E-state index in [0.29, 0.717) is 12.0 Å². The first-order valence-electron chi connectivity index (χ1n) is 7.80. The fraction of sp³-hybridized carbons (Fsp3) is 0.588. The Kier molecular flexibility index (Phi) is 4.32. The summed E-state index contributed by atoms with van der Waals surface area (Å²) in [5.74, 6) is 6.00. The summed E-state index contributed by atoms with van der Waals surface area (Å²) in [6.07, 6.45) is 7.82. The molecule has 0 atom stereocenters. The molecule has 1 aromatic rings. The van der Waals surface area contributed by atoms with E-state index in [9.17, 15) is 4.79 Å². The first-order chi connectivity index (χ1) is 10.2. The number of amides is 1. The Morgan fingerprint density at radius 2 is 2.00 bits per heavy atom. The van der Waals surface area contributed by atoms with Crippen molar-refractivity contribution < 1.29 is 4.79 Å². The van der Waals surface area contributed by atoms with Gasteiger partial charge in [-0.25, -0.2) is 0 Å². The molecule has 1 aromatic heterocycles. The second-order valence-electron chi connectivity index (χ2n) is 6.17. The van der Waals surface area contributed by atoms with E-state index in [1.54, 1.807) is 0 Å². The zero-order valence-corrected chi connectivity index (χ0v) is 13.2. The van der Waals surface area contributed by atoms with E-state index < -0.39 is 0 Å². The van der Waals surface area contributed by atoms with Crippen LogP contribution < -0.4 is 5.73 Å². The first kappa shape index (κ1) is 14.6. The SMILES string of the molecule is NCC#Cc1ccsc1C(=O)N1CCC2(CCCC2)CC1. The lowest BCUT2D eigenvalue weighted by molar-refractivity contribution is 0.0592. The van der Waals surface area contributed by atoms with Crippen molar-refractivity contribution >= 4 is 17.2 Å². The summed E-state index contributed by atoms with van der Waals surface area (Å²) in [4.78, 5) is 15.5. The molecular weight excluding hydrogens is 280 g/mol. The summed E-state index contributed by atoms with van der Waals surface area (Å²) in [6, 6.07) is 1.92. The van der Waals surface area contributed by atoms with E-state index in [0.717, 1.165) is 23.5 Å².